The lowest BCUT2D eigenvalue weighted by molar-refractivity contribution is 0.0951. The number of benzene rings is 2. The van der Waals surface area contributed by atoms with E-state index in [9.17, 15) is 9.18 Å². The smallest absolute Gasteiger partial charge is 0.251 e. The van der Waals surface area contributed by atoms with Gasteiger partial charge in [0.1, 0.15) is 5.52 Å². The molecule has 1 fully saturated rings. The molecule has 1 aromatic heterocycles. The van der Waals surface area contributed by atoms with Gasteiger partial charge in [-0.25, -0.2) is 4.39 Å². The summed E-state index contributed by atoms with van der Waals surface area (Å²) in [6, 6.07) is 13.0. The number of hydrogen-bond acceptors (Lipinski definition) is 2. The number of carbonyl (C=O) groups excluding carboxylic acids is 1. The fourth-order valence-electron chi connectivity index (χ4n) is 2.59. The average molecular weight is 321 g/mol. The van der Waals surface area contributed by atoms with E-state index in [1.165, 1.54) is 6.07 Å². The maximum absolute atomic E-state index is 14.3. The van der Waals surface area contributed by atoms with Crippen molar-refractivity contribution in [2.75, 3.05) is 0 Å². The van der Waals surface area contributed by atoms with E-state index in [2.05, 4.69) is 15.5 Å². The minimum Gasteiger partial charge on any atom is -0.349 e. The Labute approximate surface area is 138 Å². The van der Waals surface area contributed by atoms with Crippen LogP contribution in [0, 0.1) is 5.82 Å². The molecule has 3 aromatic rings. The number of halogens is 1. The van der Waals surface area contributed by atoms with Crippen LogP contribution in [0.2, 0.25) is 0 Å². The van der Waals surface area contributed by atoms with Gasteiger partial charge in [0.15, 0.2) is 5.82 Å². The van der Waals surface area contributed by atoms with Crippen LogP contribution in [0.15, 0.2) is 42.5 Å². The lowest BCUT2D eigenvalue weighted by atomic mass is 10.1. The van der Waals surface area contributed by atoms with Gasteiger partial charge in [-0.15, -0.1) is 0 Å². The normalized spacial score (nSPS) is 14.4. The largest absolute Gasteiger partial charge is 0.349 e. The number of hydrogen-bond donors (Lipinski definition) is 2. The number of aromatic amines is 1. The molecule has 0 radical (unpaired) electrons. The fourth-order valence-corrected chi connectivity index (χ4v) is 2.59. The molecular formula is C19H16FN3O. The zero-order chi connectivity index (χ0) is 16.5. The van der Waals surface area contributed by atoms with Crippen molar-refractivity contribution in [3.8, 4) is 0 Å². The van der Waals surface area contributed by atoms with Crippen molar-refractivity contribution in [3.05, 3.63) is 65.1 Å². The molecule has 1 aliphatic rings. The van der Waals surface area contributed by atoms with Gasteiger partial charge < -0.3 is 5.32 Å². The highest BCUT2D eigenvalue weighted by molar-refractivity contribution is 6.00. The minimum absolute atomic E-state index is 0.234. The number of fused-ring (bicyclic) bond motifs is 1. The molecule has 1 heterocycles. The zero-order valence-corrected chi connectivity index (χ0v) is 12.9. The van der Waals surface area contributed by atoms with Crippen LogP contribution in [-0.4, -0.2) is 22.1 Å². The van der Waals surface area contributed by atoms with Gasteiger partial charge in [0.2, 0.25) is 0 Å². The van der Waals surface area contributed by atoms with Crippen molar-refractivity contribution in [1.29, 1.82) is 0 Å². The maximum atomic E-state index is 14.3. The Hall–Kier alpha value is -2.95. The second-order valence-corrected chi connectivity index (χ2v) is 5.98. The molecule has 4 rings (SSSR count). The van der Waals surface area contributed by atoms with E-state index >= 15 is 0 Å². The lowest BCUT2D eigenvalue weighted by Gasteiger charge is -2.04. The Balaban J connectivity index is 1.69. The van der Waals surface area contributed by atoms with Crippen molar-refractivity contribution in [2.45, 2.75) is 18.9 Å². The average Bonchev–Trinajstić information content (AvgIpc) is 3.31. The standard InChI is InChI=1S/C19H16FN3O/c20-16-11-13(19(24)21-14-7-8-14)10-15-17(22-23-18(15)16)9-6-12-4-2-1-3-5-12/h1-6,9-11,14H,7-8H2,(H,21,24)(H,22,23). The molecule has 4 nitrogen and oxygen atoms in total. The second-order valence-electron chi connectivity index (χ2n) is 5.98. The first-order chi connectivity index (χ1) is 11.7. The van der Waals surface area contributed by atoms with Gasteiger partial charge in [0, 0.05) is 17.0 Å². The number of carbonyl (C=O) groups is 1. The zero-order valence-electron chi connectivity index (χ0n) is 12.9. The molecule has 0 aliphatic heterocycles. The van der Waals surface area contributed by atoms with E-state index < -0.39 is 5.82 Å². The van der Waals surface area contributed by atoms with Gasteiger partial charge in [-0.05, 0) is 36.6 Å². The van der Waals surface area contributed by atoms with Crippen LogP contribution in [0.1, 0.15) is 34.5 Å². The molecule has 0 atom stereocenters. The minimum atomic E-state index is -0.496. The van der Waals surface area contributed by atoms with Crippen LogP contribution in [0.25, 0.3) is 23.1 Å². The highest BCUT2D eigenvalue weighted by atomic mass is 19.1. The number of H-pyrrole nitrogens is 1. The van der Waals surface area contributed by atoms with Gasteiger partial charge in [0.05, 0.1) is 5.69 Å². The van der Waals surface area contributed by atoms with Crippen molar-refractivity contribution in [2.24, 2.45) is 0 Å². The third kappa shape index (κ3) is 2.93. The van der Waals surface area contributed by atoms with Crippen LogP contribution in [0.4, 0.5) is 4.39 Å². The van der Waals surface area contributed by atoms with E-state index in [0.29, 0.717) is 16.6 Å². The first-order valence-electron chi connectivity index (χ1n) is 7.92. The number of amides is 1. The van der Waals surface area contributed by atoms with Crippen LogP contribution in [-0.2, 0) is 0 Å². The molecule has 0 saturated heterocycles. The van der Waals surface area contributed by atoms with Crippen LogP contribution < -0.4 is 5.32 Å². The fraction of sp³-hybridized carbons (Fsp3) is 0.158. The van der Waals surface area contributed by atoms with E-state index in [1.54, 1.807) is 6.07 Å². The van der Waals surface area contributed by atoms with Crippen molar-refractivity contribution in [3.63, 3.8) is 0 Å². The highest BCUT2D eigenvalue weighted by Crippen LogP contribution is 2.24. The Bertz CT molecular complexity index is 926. The summed E-state index contributed by atoms with van der Waals surface area (Å²) in [6.45, 7) is 0. The summed E-state index contributed by atoms with van der Waals surface area (Å²) in [5.74, 6) is -0.735. The number of nitrogens with one attached hydrogen (secondary N) is 2. The summed E-state index contributed by atoms with van der Waals surface area (Å²) in [5.41, 5.74) is 2.27. The third-order valence-electron chi connectivity index (χ3n) is 4.06. The monoisotopic (exact) mass is 321 g/mol. The van der Waals surface area contributed by atoms with E-state index in [-0.39, 0.29) is 17.5 Å². The lowest BCUT2D eigenvalue weighted by Crippen LogP contribution is -2.25. The second kappa shape index (κ2) is 5.92. The third-order valence-corrected chi connectivity index (χ3v) is 4.06. The molecule has 0 unspecified atom stereocenters. The van der Waals surface area contributed by atoms with Gasteiger partial charge in [0.25, 0.3) is 5.91 Å². The van der Waals surface area contributed by atoms with Crippen molar-refractivity contribution < 1.29 is 9.18 Å². The van der Waals surface area contributed by atoms with E-state index in [1.807, 2.05) is 42.5 Å². The van der Waals surface area contributed by atoms with E-state index in [0.717, 1.165) is 18.4 Å². The molecule has 5 heteroatoms. The van der Waals surface area contributed by atoms with Crippen LogP contribution >= 0.6 is 0 Å². The molecule has 1 amide bonds. The summed E-state index contributed by atoms with van der Waals surface area (Å²) in [7, 11) is 0. The first kappa shape index (κ1) is 14.6. The van der Waals surface area contributed by atoms with Gasteiger partial charge in [-0.1, -0.05) is 36.4 Å². The summed E-state index contributed by atoms with van der Waals surface area (Å²) in [5, 5.41) is 10.3. The molecule has 1 saturated carbocycles. The summed E-state index contributed by atoms with van der Waals surface area (Å²) in [6.07, 6.45) is 5.75. The number of aromatic nitrogens is 2. The summed E-state index contributed by atoms with van der Waals surface area (Å²) in [4.78, 5) is 12.2. The Morgan fingerprint density at radius 2 is 2.00 bits per heavy atom. The molecule has 120 valence electrons. The molecule has 2 aromatic carbocycles. The molecule has 1 aliphatic carbocycles. The topological polar surface area (TPSA) is 57.8 Å². The first-order valence-corrected chi connectivity index (χ1v) is 7.92. The Morgan fingerprint density at radius 1 is 1.21 bits per heavy atom. The van der Waals surface area contributed by atoms with E-state index in [4.69, 9.17) is 0 Å². The van der Waals surface area contributed by atoms with Crippen molar-refractivity contribution in [1.82, 2.24) is 15.5 Å². The molecular weight excluding hydrogens is 305 g/mol. The molecule has 0 spiro atoms. The van der Waals surface area contributed by atoms with Gasteiger partial charge in [-0.3, -0.25) is 9.89 Å². The van der Waals surface area contributed by atoms with Crippen molar-refractivity contribution >= 4 is 29.0 Å². The Morgan fingerprint density at radius 3 is 2.75 bits per heavy atom. The predicted molar refractivity (Wildman–Crippen MR) is 91.9 cm³/mol. The molecule has 0 bridgehead atoms. The number of rotatable bonds is 4. The quantitative estimate of drug-likeness (QED) is 0.768. The number of nitrogens with zero attached hydrogens (tertiary/aromatic N) is 1. The highest BCUT2D eigenvalue weighted by Gasteiger charge is 2.24. The summed E-state index contributed by atoms with van der Waals surface area (Å²) < 4.78 is 14.3. The van der Waals surface area contributed by atoms with Crippen LogP contribution in [0.5, 0.6) is 0 Å². The van der Waals surface area contributed by atoms with Gasteiger partial charge in [-0.2, -0.15) is 5.10 Å². The summed E-state index contributed by atoms with van der Waals surface area (Å²) >= 11 is 0. The predicted octanol–water partition coefficient (Wildman–Crippen LogP) is 3.76. The van der Waals surface area contributed by atoms with Crippen LogP contribution in [0.3, 0.4) is 0 Å². The maximum Gasteiger partial charge on any atom is 0.251 e. The molecule has 24 heavy (non-hydrogen) atoms. The SMILES string of the molecule is O=C(NC1CC1)c1cc(F)c2n[nH]c(C=Cc3ccccc3)c2c1. The van der Waals surface area contributed by atoms with Gasteiger partial charge >= 0.3 is 0 Å². The Kier molecular flexibility index (Phi) is 3.61. The molecule has 2 N–H and O–H groups in total.